The topological polar surface area (TPSA) is 70.2 Å². The Morgan fingerprint density at radius 2 is 1.74 bits per heavy atom. The molecule has 0 atom stereocenters. The van der Waals surface area contributed by atoms with E-state index in [1.54, 1.807) is 26.8 Å². The summed E-state index contributed by atoms with van der Waals surface area (Å²) in [6.45, 7) is 3.90. The van der Waals surface area contributed by atoms with Gasteiger partial charge in [-0.1, -0.05) is 12.1 Å². The third kappa shape index (κ3) is 3.28. The Bertz CT molecular complexity index is 638. The van der Waals surface area contributed by atoms with Crippen molar-refractivity contribution in [3.63, 3.8) is 0 Å². The van der Waals surface area contributed by atoms with Crippen LogP contribution in [0.1, 0.15) is 6.92 Å². The number of hydrogen-bond acceptors (Lipinski definition) is 5. The van der Waals surface area contributed by atoms with Crippen molar-refractivity contribution in [3.05, 3.63) is 24.3 Å². The van der Waals surface area contributed by atoms with Gasteiger partial charge in [0.05, 0.1) is 12.2 Å². The number of esters is 1. The van der Waals surface area contributed by atoms with Gasteiger partial charge in [0, 0.05) is 33.1 Å². The predicted octanol–water partition coefficient (Wildman–Crippen LogP) is 0.103. The molecule has 0 N–H and O–H groups in total. The lowest BCUT2D eigenvalue weighted by Crippen LogP contribution is -2.53. The van der Waals surface area contributed by atoms with Crippen LogP contribution in [0, 0.1) is 0 Å². The van der Waals surface area contributed by atoms with Crippen molar-refractivity contribution in [2.24, 2.45) is 0 Å². The zero-order valence-electron chi connectivity index (χ0n) is 13.0. The average molecular weight is 317 g/mol. The normalized spacial score (nSPS) is 17.6. The molecule has 0 aromatic heterocycles. The van der Waals surface area contributed by atoms with E-state index in [1.165, 1.54) is 6.92 Å². The fourth-order valence-corrected chi connectivity index (χ4v) is 2.88. The van der Waals surface area contributed by atoms with Gasteiger partial charge in [0.15, 0.2) is 5.75 Å². The van der Waals surface area contributed by atoms with Crippen molar-refractivity contribution in [2.45, 2.75) is 6.92 Å². The maximum atomic E-state index is 12.5. The second-order valence-electron chi connectivity index (χ2n) is 5.68. The maximum absolute atomic E-state index is 12.5. The summed E-state index contributed by atoms with van der Waals surface area (Å²) in [6, 6.07) is 7.19. The molecule has 23 heavy (non-hydrogen) atoms. The molecule has 0 saturated carbocycles. The molecule has 2 heterocycles. The Labute approximate surface area is 134 Å². The van der Waals surface area contributed by atoms with Crippen LogP contribution in [-0.2, 0) is 14.4 Å². The van der Waals surface area contributed by atoms with E-state index in [0.717, 1.165) is 5.69 Å². The van der Waals surface area contributed by atoms with Gasteiger partial charge in [0.1, 0.15) is 6.54 Å². The van der Waals surface area contributed by atoms with Crippen molar-refractivity contribution in [2.75, 3.05) is 44.2 Å². The number of para-hydroxylation sites is 2. The van der Waals surface area contributed by atoms with Crippen LogP contribution in [0.5, 0.6) is 5.75 Å². The van der Waals surface area contributed by atoms with Crippen LogP contribution < -0.4 is 9.64 Å². The number of carbonyl (C=O) groups excluding carboxylic acids is 3. The highest BCUT2D eigenvalue weighted by Gasteiger charge is 2.28. The van der Waals surface area contributed by atoms with Crippen LogP contribution in [-0.4, -0.2) is 66.9 Å². The Kier molecular flexibility index (Phi) is 4.18. The first kappa shape index (κ1) is 15.3. The van der Waals surface area contributed by atoms with Gasteiger partial charge in [-0.3, -0.25) is 9.59 Å². The van der Waals surface area contributed by atoms with Crippen molar-refractivity contribution in [1.29, 1.82) is 0 Å². The van der Waals surface area contributed by atoms with Crippen molar-refractivity contribution < 1.29 is 19.1 Å². The number of rotatable bonds is 2. The van der Waals surface area contributed by atoms with E-state index in [0.29, 0.717) is 31.9 Å². The highest BCUT2D eigenvalue weighted by Crippen LogP contribution is 2.31. The molecule has 7 nitrogen and oxygen atoms in total. The maximum Gasteiger partial charge on any atom is 0.331 e. The van der Waals surface area contributed by atoms with E-state index in [-0.39, 0.29) is 30.9 Å². The standard InChI is InChI=1S/C16H19N3O4/c1-12(20)17-6-8-18(9-7-17)15(21)10-19-11-16(22)23-14-5-3-2-4-13(14)19/h2-5H,6-11H2,1H3. The van der Waals surface area contributed by atoms with Gasteiger partial charge in [-0.15, -0.1) is 0 Å². The highest BCUT2D eigenvalue weighted by molar-refractivity contribution is 5.89. The zero-order valence-corrected chi connectivity index (χ0v) is 13.0. The molecule has 1 saturated heterocycles. The molecular weight excluding hydrogens is 298 g/mol. The van der Waals surface area contributed by atoms with Gasteiger partial charge >= 0.3 is 5.97 Å². The molecule has 1 fully saturated rings. The number of carbonyl (C=O) groups is 3. The number of amides is 2. The second kappa shape index (κ2) is 6.28. The Morgan fingerprint density at radius 1 is 1.09 bits per heavy atom. The third-order valence-corrected chi connectivity index (χ3v) is 4.15. The number of benzene rings is 1. The quantitative estimate of drug-likeness (QED) is 0.572. The molecule has 3 rings (SSSR count). The lowest BCUT2D eigenvalue weighted by atomic mass is 10.2. The van der Waals surface area contributed by atoms with Crippen LogP contribution in [0.15, 0.2) is 24.3 Å². The van der Waals surface area contributed by atoms with Gasteiger partial charge in [0.25, 0.3) is 0 Å². The molecule has 0 unspecified atom stereocenters. The summed E-state index contributed by atoms with van der Waals surface area (Å²) in [5, 5.41) is 0. The highest BCUT2D eigenvalue weighted by atomic mass is 16.5. The van der Waals surface area contributed by atoms with Crippen LogP contribution in [0.25, 0.3) is 0 Å². The molecule has 1 aromatic rings. The van der Waals surface area contributed by atoms with E-state index < -0.39 is 0 Å². The molecular formula is C16H19N3O4. The minimum Gasteiger partial charge on any atom is -0.423 e. The lowest BCUT2D eigenvalue weighted by Gasteiger charge is -2.36. The number of ether oxygens (including phenoxy) is 1. The van der Waals surface area contributed by atoms with Crippen molar-refractivity contribution >= 4 is 23.5 Å². The first-order valence-electron chi connectivity index (χ1n) is 7.62. The van der Waals surface area contributed by atoms with Crippen LogP contribution in [0.3, 0.4) is 0 Å². The average Bonchev–Trinajstić information content (AvgIpc) is 2.54. The molecule has 0 bridgehead atoms. The Balaban J connectivity index is 1.65. The van der Waals surface area contributed by atoms with Gasteiger partial charge in [-0.05, 0) is 12.1 Å². The number of anilines is 1. The van der Waals surface area contributed by atoms with E-state index in [4.69, 9.17) is 4.74 Å². The fourth-order valence-electron chi connectivity index (χ4n) is 2.88. The number of piperazine rings is 1. The number of fused-ring (bicyclic) bond motifs is 1. The minimum absolute atomic E-state index is 0.0322. The molecule has 2 aliphatic heterocycles. The molecule has 2 amide bonds. The first-order chi connectivity index (χ1) is 11.0. The van der Waals surface area contributed by atoms with E-state index in [2.05, 4.69) is 0 Å². The second-order valence-corrected chi connectivity index (χ2v) is 5.68. The Hall–Kier alpha value is -2.57. The lowest BCUT2D eigenvalue weighted by molar-refractivity contribution is -0.138. The smallest absolute Gasteiger partial charge is 0.331 e. The summed E-state index contributed by atoms with van der Waals surface area (Å²) in [6.07, 6.45) is 0. The summed E-state index contributed by atoms with van der Waals surface area (Å²) >= 11 is 0. The third-order valence-electron chi connectivity index (χ3n) is 4.15. The van der Waals surface area contributed by atoms with Crippen molar-refractivity contribution in [3.8, 4) is 5.75 Å². The van der Waals surface area contributed by atoms with Crippen molar-refractivity contribution in [1.82, 2.24) is 9.80 Å². The summed E-state index contributed by atoms with van der Waals surface area (Å²) in [4.78, 5) is 40.7. The molecule has 1 aromatic carbocycles. The largest absolute Gasteiger partial charge is 0.423 e. The minimum atomic E-state index is -0.363. The van der Waals surface area contributed by atoms with Gasteiger partial charge in [-0.2, -0.15) is 0 Å². The number of nitrogens with zero attached hydrogens (tertiary/aromatic N) is 3. The molecule has 7 heteroatoms. The molecule has 0 radical (unpaired) electrons. The van der Waals surface area contributed by atoms with E-state index in [1.807, 2.05) is 12.1 Å². The number of hydrogen-bond donors (Lipinski definition) is 0. The fraction of sp³-hybridized carbons (Fsp3) is 0.438. The van der Waals surface area contributed by atoms with E-state index in [9.17, 15) is 14.4 Å². The predicted molar refractivity (Wildman–Crippen MR) is 83.1 cm³/mol. The summed E-state index contributed by atoms with van der Waals surface area (Å²) in [5.41, 5.74) is 0.753. The van der Waals surface area contributed by atoms with Crippen LogP contribution >= 0.6 is 0 Å². The van der Waals surface area contributed by atoms with Gasteiger partial charge in [-0.25, -0.2) is 4.79 Å². The summed E-state index contributed by atoms with van der Waals surface area (Å²) in [7, 11) is 0. The molecule has 2 aliphatic rings. The van der Waals surface area contributed by atoms with E-state index >= 15 is 0 Å². The SMILES string of the molecule is CC(=O)N1CCN(C(=O)CN2CC(=O)Oc3ccccc32)CC1. The summed E-state index contributed by atoms with van der Waals surface area (Å²) < 4.78 is 5.18. The molecule has 0 aliphatic carbocycles. The summed E-state index contributed by atoms with van der Waals surface area (Å²) in [5.74, 6) is 0.110. The molecule has 0 spiro atoms. The van der Waals surface area contributed by atoms with Gasteiger partial charge in [0.2, 0.25) is 11.8 Å². The van der Waals surface area contributed by atoms with Crippen LogP contribution in [0.4, 0.5) is 5.69 Å². The van der Waals surface area contributed by atoms with Crippen LogP contribution in [0.2, 0.25) is 0 Å². The Morgan fingerprint density at radius 3 is 2.43 bits per heavy atom. The monoisotopic (exact) mass is 317 g/mol. The first-order valence-corrected chi connectivity index (χ1v) is 7.62. The zero-order chi connectivity index (χ0) is 16.4. The molecule has 122 valence electrons. The van der Waals surface area contributed by atoms with Gasteiger partial charge < -0.3 is 19.4 Å².